The van der Waals surface area contributed by atoms with Crippen LogP contribution in [0.2, 0.25) is 5.02 Å². The molecule has 1 fully saturated rings. The SMILES string of the molecule is Nc1c(NNC(=O)c2ccc(Cl)cc2)ncnc1N1CCCCCC1. The van der Waals surface area contributed by atoms with E-state index in [1.54, 1.807) is 24.3 Å². The number of aromatic nitrogens is 2. The predicted octanol–water partition coefficient (Wildman–Crippen LogP) is 2.85. The number of hydrogen-bond donors (Lipinski definition) is 3. The normalized spacial score (nSPS) is 14.7. The minimum atomic E-state index is -0.300. The largest absolute Gasteiger partial charge is 0.393 e. The number of nitrogens with one attached hydrogen (secondary N) is 2. The number of benzene rings is 1. The highest BCUT2D eigenvalue weighted by Gasteiger charge is 2.17. The average Bonchev–Trinajstić information content (AvgIpc) is 2.90. The second-order valence-corrected chi connectivity index (χ2v) is 6.38. The Labute approximate surface area is 151 Å². The van der Waals surface area contributed by atoms with Crippen LogP contribution in [-0.4, -0.2) is 29.0 Å². The molecule has 25 heavy (non-hydrogen) atoms. The number of rotatable bonds is 4. The van der Waals surface area contributed by atoms with E-state index in [1.165, 1.54) is 19.2 Å². The van der Waals surface area contributed by atoms with Gasteiger partial charge in [-0.2, -0.15) is 0 Å². The predicted molar refractivity (Wildman–Crippen MR) is 99.7 cm³/mol. The molecule has 1 aliphatic heterocycles. The number of hydrogen-bond acceptors (Lipinski definition) is 6. The first-order valence-corrected chi connectivity index (χ1v) is 8.70. The van der Waals surface area contributed by atoms with Gasteiger partial charge < -0.3 is 10.6 Å². The summed E-state index contributed by atoms with van der Waals surface area (Å²) in [5.41, 5.74) is 12.5. The minimum absolute atomic E-state index is 0.300. The molecular weight excluding hydrogens is 340 g/mol. The van der Waals surface area contributed by atoms with E-state index in [-0.39, 0.29) is 5.91 Å². The van der Waals surface area contributed by atoms with Crippen LogP contribution < -0.4 is 21.5 Å². The van der Waals surface area contributed by atoms with E-state index in [1.807, 2.05) is 0 Å². The molecule has 0 aliphatic carbocycles. The van der Waals surface area contributed by atoms with Crippen LogP contribution in [-0.2, 0) is 0 Å². The Morgan fingerprint density at radius 3 is 2.44 bits per heavy atom. The van der Waals surface area contributed by atoms with Crippen LogP contribution in [0.15, 0.2) is 30.6 Å². The van der Waals surface area contributed by atoms with E-state index in [9.17, 15) is 4.79 Å². The fraction of sp³-hybridized carbons (Fsp3) is 0.353. The number of nitrogen functional groups attached to an aromatic ring is 1. The Kier molecular flexibility index (Phi) is 5.55. The molecule has 0 bridgehead atoms. The Balaban J connectivity index is 1.69. The topological polar surface area (TPSA) is 96.2 Å². The highest BCUT2D eigenvalue weighted by molar-refractivity contribution is 6.30. The van der Waals surface area contributed by atoms with Crippen molar-refractivity contribution < 1.29 is 4.79 Å². The summed E-state index contributed by atoms with van der Waals surface area (Å²) < 4.78 is 0. The van der Waals surface area contributed by atoms with Gasteiger partial charge in [0.05, 0.1) is 0 Å². The lowest BCUT2D eigenvalue weighted by Crippen LogP contribution is -2.31. The molecule has 0 spiro atoms. The fourth-order valence-corrected chi connectivity index (χ4v) is 2.94. The summed E-state index contributed by atoms with van der Waals surface area (Å²) in [6, 6.07) is 6.61. The summed E-state index contributed by atoms with van der Waals surface area (Å²) in [7, 11) is 0. The summed E-state index contributed by atoms with van der Waals surface area (Å²) >= 11 is 5.83. The molecule has 1 aromatic heterocycles. The molecule has 1 saturated heterocycles. The van der Waals surface area contributed by atoms with E-state index in [0.29, 0.717) is 27.9 Å². The van der Waals surface area contributed by atoms with Crippen LogP contribution in [0.3, 0.4) is 0 Å². The molecule has 132 valence electrons. The van der Waals surface area contributed by atoms with Gasteiger partial charge in [-0.05, 0) is 37.1 Å². The van der Waals surface area contributed by atoms with Gasteiger partial charge in [-0.15, -0.1) is 0 Å². The molecule has 0 atom stereocenters. The highest BCUT2D eigenvalue weighted by Crippen LogP contribution is 2.27. The summed E-state index contributed by atoms with van der Waals surface area (Å²) in [6.45, 7) is 1.86. The zero-order valence-corrected chi connectivity index (χ0v) is 14.6. The van der Waals surface area contributed by atoms with E-state index >= 15 is 0 Å². The maximum Gasteiger partial charge on any atom is 0.269 e. The number of hydrazine groups is 1. The number of nitrogens with zero attached hydrogens (tertiary/aromatic N) is 3. The molecular formula is C17H21ClN6O. The third-order valence-electron chi connectivity index (χ3n) is 4.17. The van der Waals surface area contributed by atoms with Gasteiger partial charge in [0.15, 0.2) is 11.6 Å². The van der Waals surface area contributed by atoms with Crippen molar-refractivity contribution in [3.8, 4) is 0 Å². The molecule has 3 rings (SSSR count). The molecule has 0 unspecified atom stereocenters. The third kappa shape index (κ3) is 4.30. The fourth-order valence-electron chi connectivity index (χ4n) is 2.81. The molecule has 0 radical (unpaired) electrons. The number of carbonyl (C=O) groups excluding carboxylic acids is 1. The Hall–Kier alpha value is -2.54. The summed E-state index contributed by atoms with van der Waals surface area (Å²) in [5.74, 6) is 0.794. The zero-order valence-electron chi connectivity index (χ0n) is 13.8. The van der Waals surface area contributed by atoms with Crippen molar-refractivity contribution in [2.24, 2.45) is 0 Å². The van der Waals surface area contributed by atoms with E-state index in [4.69, 9.17) is 17.3 Å². The number of carbonyl (C=O) groups is 1. The van der Waals surface area contributed by atoms with E-state index in [2.05, 4.69) is 25.7 Å². The summed E-state index contributed by atoms with van der Waals surface area (Å²) in [6.07, 6.45) is 6.15. The van der Waals surface area contributed by atoms with Gasteiger partial charge in [0, 0.05) is 23.7 Å². The van der Waals surface area contributed by atoms with Crippen LogP contribution in [0.5, 0.6) is 0 Å². The van der Waals surface area contributed by atoms with Crippen molar-refractivity contribution in [1.29, 1.82) is 0 Å². The third-order valence-corrected chi connectivity index (χ3v) is 4.42. The smallest absolute Gasteiger partial charge is 0.269 e. The first-order valence-electron chi connectivity index (χ1n) is 8.32. The first-order chi connectivity index (χ1) is 12.1. The van der Waals surface area contributed by atoms with Crippen molar-refractivity contribution in [3.63, 3.8) is 0 Å². The lowest BCUT2D eigenvalue weighted by Gasteiger charge is -2.23. The van der Waals surface area contributed by atoms with Crippen molar-refractivity contribution in [2.75, 3.05) is 29.1 Å². The van der Waals surface area contributed by atoms with Crippen molar-refractivity contribution in [1.82, 2.24) is 15.4 Å². The Morgan fingerprint density at radius 1 is 1.08 bits per heavy atom. The highest BCUT2D eigenvalue weighted by atomic mass is 35.5. The van der Waals surface area contributed by atoms with Gasteiger partial charge in [-0.25, -0.2) is 9.97 Å². The van der Waals surface area contributed by atoms with E-state index < -0.39 is 0 Å². The molecule has 8 heteroatoms. The van der Waals surface area contributed by atoms with Crippen LogP contribution in [0.25, 0.3) is 0 Å². The molecule has 1 aromatic carbocycles. The van der Waals surface area contributed by atoms with Crippen molar-refractivity contribution in [2.45, 2.75) is 25.7 Å². The number of anilines is 3. The Bertz CT molecular complexity index is 728. The standard InChI is InChI=1S/C17H21ClN6O/c18-13-7-5-12(6-8-13)17(25)23-22-15-14(19)16(21-11-20-15)24-9-3-1-2-4-10-24/h5-8,11H,1-4,9-10,19H2,(H,23,25)(H,20,21,22). The van der Waals surface area contributed by atoms with Crippen LogP contribution >= 0.6 is 11.6 Å². The maximum absolute atomic E-state index is 12.2. The molecule has 7 nitrogen and oxygen atoms in total. The van der Waals surface area contributed by atoms with E-state index in [0.717, 1.165) is 25.9 Å². The number of halogens is 1. The van der Waals surface area contributed by atoms with Crippen LogP contribution in [0, 0.1) is 0 Å². The second-order valence-electron chi connectivity index (χ2n) is 5.95. The Morgan fingerprint density at radius 2 is 1.76 bits per heavy atom. The second kappa shape index (κ2) is 8.02. The van der Waals surface area contributed by atoms with Crippen molar-refractivity contribution >= 4 is 34.8 Å². The van der Waals surface area contributed by atoms with Crippen LogP contribution in [0.4, 0.5) is 17.3 Å². The number of nitrogens with two attached hydrogens (primary N) is 1. The molecule has 4 N–H and O–H groups in total. The molecule has 0 saturated carbocycles. The summed E-state index contributed by atoms with van der Waals surface area (Å²) in [5, 5.41) is 0.576. The van der Waals surface area contributed by atoms with Gasteiger partial charge in [-0.1, -0.05) is 24.4 Å². The lowest BCUT2D eigenvalue weighted by atomic mass is 10.2. The van der Waals surface area contributed by atoms with Gasteiger partial charge >= 0.3 is 0 Å². The first kappa shape index (κ1) is 17.3. The maximum atomic E-state index is 12.2. The van der Waals surface area contributed by atoms with Gasteiger partial charge in [-0.3, -0.25) is 15.6 Å². The number of amides is 1. The van der Waals surface area contributed by atoms with Crippen LogP contribution in [0.1, 0.15) is 36.0 Å². The quantitative estimate of drug-likeness (QED) is 0.725. The molecule has 2 aromatic rings. The molecule has 2 heterocycles. The molecule has 1 aliphatic rings. The monoisotopic (exact) mass is 360 g/mol. The van der Waals surface area contributed by atoms with Gasteiger partial charge in [0.25, 0.3) is 5.91 Å². The lowest BCUT2D eigenvalue weighted by molar-refractivity contribution is 0.0962. The van der Waals surface area contributed by atoms with Crippen molar-refractivity contribution in [3.05, 3.63) is 41.2 Å². The average molecular weight is 361 g/mol. The minimum Gasteiger partial charge on any atom is -0.393 e. The summed E-state index contributed by atoms with van der Waals surface area (Å²) in [4.78, 5) is 22.8. The zero-order chi connectivity index (χ0) is 17.6. The van der Waals surface area contributed by atoms with Gasteiger partial charge in [0.1, 0.15) is 12.0 Å². The molecule has 1 amide bonds. The van der Waals surface area contributed by atoms with Gasteiger partial charge in [0.2, 0.25) is 0 Å².